The fourth-order valence-corrected chi connectivity index (χ4v) is 1.52. The highest BCUT2D eigenvalue weighted by molar-refractivity contribution is 5.99. The Kier molecular flexibility index (Phi) is 7.83. The summed E-state index contributed by atoms with van der Waals surface area (Å²) in [6.45, 7) is 1.98. The molecule has 0 saturated carbocycles. The molecule has 0 heterocycles. The van der Waals surface area contributed by atoms with E-state index in [1.54, 1.807) is 25.2 Å². The van der Waals surface area contributed by atoms with Crippen molar-refractivity contribution in [2.75, 3.05) is 26.1 Å². The Morgan fingerprint density at radius 3 is 2.60 bits per heavy atom. The zero-order chi connectivity index (χ0) is 14.4. The summed E-state index contributed by atoms with van der Waals surface area (Å²) in [5.74, 6) is -0.560. The van der Waals surface area contributed by atoms with Crippen LogP contribution in [0.1, 0.15) is 15.9 Å². The van der Waals surface area contributed by atoms with Crippen LogP contribution in [0, 0.1) is 6.92 Å². The van der Waals surface area contributed by atoms with Crippen LogP contribution in [0.4, 0.5) is 5.69 Å². The van der Waals surface area contributed by atoms with Gasteiger partial charge in [-0.25, -0.2) is 0 Å². The second-order valence-electron chi connectivity index (χ2n) is 4.16. The van der Waals surface area contributed by atoms with Gasteiger partial charge in [-0.2, -0.15) is 0 Å². The number of anilines is 1. The maximum atomic E-state index is 11.8. The van der Waals surface area contributed by atoms with Crippen molar-refractivity contribution in [1.29, 1.82) is 0 Å². The van der Waals surface area contributed by atoms with Crippen LogP contribution in [-0.2, 0) is 9.53 Å². The number of halogens is 1. The van der Waals surface area contributed by atoms with Gasteiger partial charge in [-0.3, -0.25) is 9.59 Å². The highest BCUT2D eigenvalue weighted by Crippen LogP contribution is 2.17. The van der Waals surface area contributed by atoms with E-state index in [0.717, 1.165) is 5.56 Å². The molecule has 0 aliphatic rings. The summed E-state index contributed by atoms with van der Waals surface area (Å²) in [5, 5.41) is 5.22. The Morgan fingerprint density at radius 1 is 1.40 bits per heavy atom. The maximum Gasteiger partial charge on any atom is 0.251 e. The van der Waals surface area contributed by atoms with Crippen LogP contribution in [-0.4, -0.2) is 38.6 Å². The lowest BCUT2D eigenvalue weighted by molar-refractivity contribution is -0.118. The van der Waals surface area contributed by atoms with Crippen LogP contribution in [0.2, 0.25) is 0 Å². The van der Waals surface area contributed by atoms with Crippen LogP contribution in [0.5, 0.6) is 0 Å². The molecule has 0 aliphatic carbocycles. The molecule has 0 saturated heterocycles. The molecule has 0 fully saturated rings. The Morgan fingerprint density at radius 2 is 2.05 bits per heavy atom. The lowest BCUT2D eigenvalue weighted by Crippen LogP contribution is -2.39. The molecule has 0 spiro atoms. The van der Waals surface area contributed by atoms with Crippen molar-refractivity contribution in [2.45, 2.75) is 13.0 Å². The summed E-state index contributed by atoms with van der Waals surface area (Å²) in [7, 11) is 3.03. The van der Waals surface area contributed by atoms with Crippen LogP contribution in [0.3, 0.4) is 0 Å². The summed E-state index contributed by atoms with van der Waals surface area (Å²) in [6.07, 6.45) is 0. The van der Waals surface area contributed by atoms with E-state index >= 15 is 0 Å². The predicted octanol–water partition coefficient (Wildman–Crippen LogP) is 0.689. The first kappa shape index (κ1) is 18.4. The molecule has 4 N–H and O–H groups in total. The van der Waals surface area contributed by atoms with E-state index in [2.05, 4.69) is 10.6 Å². The number of amides is 2. The van der Waals surface area contributed by atoms with E-state index in [-0.39, 0.29) is 30.8 Å². The Balaban J connectivity index is 0.00000361. The molecule has 6 nitrogen and oxygen atoms in total. The van der Waals surface area contributed by atoms with Gasteiger partial charge < -0.3 is 21.1 Å². The number of methoxy groups -OCH3 is 1. The molecular formula is C13H20ClN3O3. The summed E-state index contributed by atoms with van der Waals surface area (Å²) in [4.78, 5) is 23.3. The molecular weight excluding hydrogens is 282 g/mol. The minimum absolute atomic E-state index is 0. The SMILES string of the molecule is CNC(=O)c1ccc(C)c(NC(=O)C(N)COC)c1.Cl. The largest absolute Gasteiger partial charge is 0.383 e. The van der Waals surface area contributed by atoms with E-state index in [0.29, 0.717) is 11.3 Å². The highest BCUT2D eigenvalue weighted by atomic mass is 35.5. The van der Waals surface area contributed by atoms with Crippen LogP contribution in [0.25, 0.3) is 0 Å². The number of benzene rings is 1. The van der Waals surface area contributed by atoms with Gasteiger partial charge in [0, 0.05) is 25.4 Å². The number of nitrogens with one attached hydrogen (secondary N) is 2. The predicted molar refractivity (Wildman–Crippen MR) is 80.3 cm³/mol. The van der Waals surface area contributed by atoms with Crippen LogP contribution >= 0.6 is 12.4 Å². The number of hydrogen-bond donors (Lipinski definition) is 3. The lowest BCUT2D eigenvalue weighted by Gasteiger charge is -2.13. The second kappa shape index (κ2) is 8.52. The first-order valence-corrected chi connectivity index (χ1v) is 5.87. The lowest BCUT2D eigenvalue weighted by atomic mass is 10.1. The smallest absolute Gasteiger partial charge is 0.251 e. The fourth-order valence-electron chi connectivity index (χ4n) is 1.52. The number of rotatable bonds is 5. The first-order chi connectivity index (χ1) is 8.99. The molecule has 112 valence electrons. The minimum Gasteiger partial charge on any atom is -0.383 e. The number of carbonyl (C=O) groups excluding carboxylic acids is 2. The van der Waals surface area contributed by atoms with E-state index in [1.807, 2.05) is 6.92 Å². The molecule has 1 rings (SSSR count). The summed E-state index contributed by atoms with van der Waals surface area (Å²) >= 11 is 0. The quantitative estimate of drug-likeness (QED) is 0.746. The average Bonchev–Trinajstić information content (AvgIpc) is 2.40. The number of ether oxygens (including phenoxy) is 1. The van der Waals surface area contributed by atoms with Crippen LogP contribution < -0.4 is 16.4 Å². The van der Waals surface area contributed by atoms with Gasteiger partial charge in [0.15, 0.2) is 0 Å². The third kappa shape index (κ3) is 4.80. The molecule has 1 atom stereocenters. The van der Waals surface area contributed by atoms with Gasteiger partial charge in [0.1, 0.15) is 6.04 Å². The molecule has 1 aromatic rings. The van der Waals surface area contributed by atoms with Crippen molar-refractivity contribution >= 4 is 29.9 Å². The van der Waals surface area contributed by atoms with Crippen LogP contribution in [0.15, 0.2) is 18.2 Å². The molecule has 0 aromatic heterocycles. The molecule has 20 heavy (non-hydrogen) atoms. The van der Waals surface area contributed by atoms with Crippen molar-refractivity contribution in [1.82, 2.24) is 5.32 Å². The standard InChI is InChI=1S/C13H19N3O3.ClH/c1-8-4-5-9(12(17)15-2)6-11(8)16-13(18)10(14)7-19-3;/h4-6,10H,7,14H2,1-3H3,(H,15,17)(H,16,18);1H. The van der Waals surface area contributed by atoms with Gasteiger partial charge >= 0.3 is 0 Å². The molecule has 7 heteroatoms. The molecule has 1 unspecified atom stereocenters. The number of nitrogens with two attached hydrogens (primary N) is 1. The molecule has 1 aromatic carbocycles. The Labute approximate surface area is 124 Å². The number of carbonyl (C=O) groups is 2. The summed E-state index contributed by atoms with van der Waals surface area (Å²) in [5.41, 5.74) is 7.53. The van der Waals surface area contributed by atoms with Crippen molar-refractivity contribution in [2.24, 2.45) is 5.73 Å². The summed E-state index contributed by atoms with van der Waals surface area (Å²) in [6, 6.07) is 4.33. The monoisotopic (exact) mass is 301 g/mol. The summed E-state index contributed by atoms with van der Waals surface area (Å²) < 4.78 is 4.82. The van der Waals surface area contributed by atoms with E-state index < -0.39 is 6.04 Å². The number of hydrogen-bond acceptors (Lipinski definition) is 4. The van der Waals surface area contributed by atoms with Gasteiger partial charge in [-0.15, -0.1) is 12.4 Å². The van der Waals surface area contributed by atoms with E-state index in [4.69, 9.17) is 10.5 Å². The van der Waals surface area contributed by atoms with Gasteiger partial charge in [-0.05, 0) is 24.6 Å². The fraction of sp³-hybridized carbons (Fsp3) is 0.385. The topological polar surface area (TPSA) is 93.5 Å². The number of aryl methyl sites for hydroxylation is 1. The average molecular weight is 302 g/mol. The van der Waals surface area contributed by atoms with E-state index in [9.17, 15) is 9.59 Å². The Hall–Kier alpha value is -1.63. The van der Waals surface area contributed by atoms with E-state index in [1.165, 1.54) is 7.11 Å². The molecule has 2 amide bonds. The maximum absolute atomic E-state index is 11.8. The van der Waals surface area contributed by atoms with Crippen molar-refractivity contribution in [3.05, 3.63) is 29.3 Å². The van der Waals surface area contributed by atoms with Crippen molar-refractivity contribution in [3.8, 4) is 0 Å². The van der Waals surface area contributed by atoms with Gasteiger partial charge in [-0.1, -0.05) is 6.07 Å². The zero-order valence-corrected chi connectivity index (χ0v) is 12.5. The normalized spacial score (nSPS) is 11.2. The van der Waals surface area contributed by atoms with Crippen molar-refractivity contribution < 1.29 is 14.3 Å². The minimum atomic E-state index is -0.743. The Bertz CT molecular complexity index is 480. The molecule has 0 aliphatic heterocycles. The van der Waals surface area contributed by atoms with Gasteiger partial charge in [0.25, 0.3) is 5.91 Å². The second-order valence-corrected chi connectivity index (χ2v) is 4.16. The van der Waals surface area contributed by atoms with Gasteiger partial charge in [0.05, 0.1) is 6.61 Å². The highest BCUT2D eigenvalue weighted by Gasteiger charge is 2.15. The third-order valence-electron chi connectivity index (χ3n) is 2.67. The first-order valence-electron chi connectivity index (χ1n) is 5.87. The van der Waals surface area contributed by atoms with Crippen molar-refractivity contribution in [3.63, 3.8) is 0 Å². The molecule has 0 radical (unpaired) electrons. The molecule has 0 bridgehead atoms. The third-order valence-corrected chi connectivity index (χ3v) is 2.67. The zero-order valence-electron chi connectivity index (χ0n) is 11.7. The van der Waals surface area contributed by atoms with Gasteiger partial charge in [0.2, 0.25) is 5.91 Å².